The summed E-state index contributed by atoms with van der Waals surface area (Å²) in [4.78, 5) is 41.0. The summed E-state index contributed by atoms with van der Waals surface area (Å²) in [6.07, 6.45) is 0.334. The number of carbonyl (C=O) groups excluding carboxylic acids is 3. The van der Waals surface area contributed by atoms with Crippen molar-refractivity contribution in [3.05, 3.63) is 75.3 Å². The number of fused-ring (bicyclic) bond motifs is 3. The Balaban J connectivity index is 1.83. The number of hydrogen-bond acceptors (Lipinski definition) is 7. The molecule has 3 aliphatic rings. The second-order valence-corrected chi connectivity index (χ2v) is 13.7. The van der Waals surface area contributed by atoms with E-state index in [1.54, 1.807) is 6.92 Å². The molecule has 0 aliphatic heterocycles. The van der Waals surface area contributed by atoms with E-state index in [1.807, 2.05) is 71.9 Å². The Bertz CT molecular complexity index is 1620. The number of allylic oxidation sites excluding steroid dienone is 2. The summed E-state index contributed by atoms with van der Waals surface area (Å²) >= 11 is 0. The van der Waals surface area contributed by atoms with Gasteiger partial charge in [0.05, 0.1) is 5.56 Å². The van der Waals surface area contributed by atoms with Crippen molar-refractivity contribution in [3.8, 4) is 16.9 Å². The molecule has 4 N–H and O–H groups in total. The minimum absolute atomic E-state index is 0.0000388. The number of benzene rings is 2. The molecule has 0 heterocycles. The number of ketones is 3. The number of aliphatic hydroxyl groups excluding tert-OH is 2. The molecule has 0 aromatic heterocycles. The molecule has 0 saturated carbocycles. The Kier molecular flexibility index (Phi) is 6.66. The van der Waals surface area contributed by atoms with Crippen LogP contribution in [0.15, 0.2) is 53.0 Å². The van der Waals surface area contributed by atoms with Crippen LogP contribution in [0.3, 0.4) is 0 Å². The summed E-state index contributed by atoms with van der Waals surface area (Å²) in [5, 5.41) is 47.1. The van der Waals surface area contributed by atoms with Crippen molar-refractivity contribution >= 4 is 17.3 Å². The van der Waals surface area contributed by atoms with Gasteiger partial charge in [-0.25, -0.2) is 0 Å². The van der Waals surface area contributed by atoms with Gasteiger partial charge in [-0.1, -0.05) is 71.4 Å². The smallest absolute Gasteiger partial charge is 0.209 e. The Labute approximate surface area is 246 Å². The predicted octanol–water partition coefficient (Wildman–Crippen LogP) is 6.45. The van der Waals surface area contributed by atoms with E-state index in [0.717, 1.165) is 23.6 Å². The van der Waals surface area contributed by atoms with E-state index in [-0.39, 0.29) is 47.3 Å². The molecule has 7 nitrogen and oxygen atoms in total. The van der Waals surface area contributed by atoms with E-state index < -0.39 is 51.0 Å². The second-order valence-electron chi connectivity index (χ2n) is 13.7. The van der Waals surface area contributed by atoms with E-state index in [4.69, 9.17) is 0 Å². The summed E-state index contributed by atoms with van der Waals surface area (Å²) in [6, 6.07) is 9.51. The highest BCUT2D eigenvalue weighted by Gasteiger charge is 2.71. The molecule has 0 fully saturated rings. The van der Waals surface area contributed by atoms with Crippen LogP contribution in [0.2, 0.25) is 0 Å². The molecular weight excluding hydrogens is 532 g/mol. The van der Waals surface area contributed by atoms with Crippen molar-refractivity contribution in [1.82, 2.24) is 0 Å². The monoisotopic (exact) mass is 572 g/mol. The molecule has 5 rings (SSSR count). The average molecular weight is 573 g/mol. The highest BCUT2D eigenvalue weighted by atomic mass is 16.3. The quantitative estimate of drug-likeness (QED) is 0.310. The zero-order chi connectivity index (χ0) is 31.3. The molecule has 1 unspecified atom stereocenters. The molecule has 42 heavy (non-hydrogen) atoms. The number of hydrogen-bond donors (Lipinski definition) is 4. The van der Waals surface area contributed by atoms with Gasteiger partial charge in [-0.05, 0) is 61.3 Å². The SMILES string of the molecule is CC(=O)C1=C(O)C(C(C)C)[C@@]2(C)C[C@@]3(C)Cc4c(C(C)C)cc(-c5ccc(C)cc5)c(O)c4C(=O)C3=C(O)[C@@]2(O)C1=O. The normalized spacial score (nSPS) is 29.2. The summed E-state index contributed by atoms with van der Waals surface area (Å²) in [5.41, 5.74) is -1.94. The summed E-state index contributed by atoms with van der Waals surface area (Å²) in [6.45, 7) is 14.2. The maximum Gasteiger partial charge on any atom is 0.209 e. The molecule has 0 radical (unpaired) electrons. The number of Topliss-reactive ketones (excluding diaryl/α,β-unsaturated/α-hetero) is 3. The van der Waals surface area contributed by atoms with Crippen molar-refractivity contribution in [2.24, 2.45) is 22.7 Å². The minimum Gasteiger partial charge on any atom is -0.511 e. The van der Waals surface area contributed by atoms with Crippen molar-refractivity contribution in [3.63, 3.8) is 0 Å². The van der Waals surface area contributed by atoms with Gasteiger partial charge in [0.25, 0.3) is 0 Å². The molecule has 4 atom stereocenters. The van der Waals surface area contributed by atoms with Crippen molar-refractivity contribution in [2.75, 3.05) is 0 Å². The third-order valence-electron chi connectivity index (χ3n) is 10.0. The number of aliphatic hydroxyl groups is 3. The molecule has 0 bridgehead atoms. The molecule has 3 aliphatic carbocycles. The van der Waals surface area contributed by atoms with Gasteiger partial charge in [-0.2, -0.15) is 0 Å². The maximum absolute atomic E-state index is 14.5. The Morgan fingerprint density at radius 3 is 2.12 bits per heavy atom. The first-order valence-electron chi connectivity index (χ1n) is 14.6. The van der Waals surface area contributed by atoms with Crippen LogP contribution in [-0.4, -0.2) is 43.4 Å². The third-order valence-corrected chi connectivity index (χ3v) is 10.0. The molecule has 7 heteroatoms. The van der Waals surface area contributed by atoms with E-state index in [1.165, 1.54) is 0 Å². The van der Waals surface area contributed by atoms with Gasteiger partial charge in [0.2, 0.25) is 5.78 Å². The highest BCUT2D eigenvalue weighted by molar-refractivity contribution is 6.25. The van der Waals surface area contributed by atoms with Crippen LogP contribution in [0.5, 0.6) is 5.75 Å². The largest absolute Gasteiger partial charge is 0.511 e. The first-order valence-corrected chi connectivity index (χ1v) is 14.6. The fourth-order valence-electron chi connectivity index (χ4n) is 8.30. The highest BCUT2D eigenvalue weighted by Crippen LogP contribution is 2.65. The second kappa shape index (κ2) is 9.40. The molecule has 0 saturated heterocycles. The number of aryl methyl sites for hydroxylation is 1. The minimum atomic E-state index is -2.62. The van der Waals surface area contributed by atoms with E-state index in [2.05, 4.69) is 0 Å². The molecule has 0 amide bonds. The van der Waals surface area contributed by atoms with Crippen LogP contribution >= 0.6 is 0 Å². The van der Waals surface area contributed by atoms with Crippen LogP contribution < -0.4 is 0 Å². The average Bonchev–Trinajstić information content (AvgIpc) is 2.86. The van der Waals surface area contributed by atoms with Gasteiger partial charge in [-0.3, -0.25) is 14.4 Å². The van der Waals surface area contributed by atoms with Crippen LogP contribution in [0.1, 0.15) is 87.9 Å². The standard InChI is InChI=1S/C35H40O7/c1-16(2)21-13-22(20-11-9-18(5)10-12-20)28(37)25-23(21)14-33(7)15-34(8)26(17(3)4)29(38)24(19(6)36)31(40)35(34,42)32(41)27(33)30(25)39/h9-13,16-17,26,37-38,41-42H,14-15H2,1-8H3/t26?,33-,34-,35+/m1/s1. The van der Waals surface area contributed by atoms with Gasteiger partial charge in [0.15, 0.2) is 17.2 Å². The van der Waals surface area contributed by atoms with Crippen molar-refractivity contribution in [2.45, 2.75) is 79.8 Å². The Morgan fingerprint density at radius 1 is 1.00 bits per heavy atom. The van der Waals surface area contributed by atoms with Gasteiger partial charge < -0.3 is 20.4 Å². The lowest BCUT2D eigenvalue weighted by atomic mass is 9.44. The van der Waals surface area contributed by atoms with Crippen molar-refractivity contribution in [1.29, 1.82) is 0 Å². The first kappa shape index (κ1) is 29.8. The van der Waals surface area contributed by atoms with Crippen LogP contribution in [0.4, 0.5) is 0 Å². The van der Waals surface area contributed by atoms with Gasteiger partial charge in [0, 0.05) is 27.9 Å². The summed E-state index contributed by atoms with van der Waals surface area (Å²) < 4.78 is 0. The molecule has 2 aromatic rings. The molecule has 0 spiro atoms. The summed E-state index contributed by atoms with van der Waals surface area (Å²) in [7, 11) is 0. The Hall–Kier alpha value is -3.71. The first-order chi connectivity index (χ1) is 19.4. The lowest BCUT2D eigenvalue weighted by molar-refractivity contribution is -0.171. The fourth-order valence-corrected chi connectivity index (χ4v) is 8.30. The van der Waals surface area contributed by atoms with E-state index >= 15 is 0 Å². The number of phenolic OH excluding ortho intramolecular Hbond substituents is 1. The number of aromatic hydroxyl groups is 1. The number of carbonyl (C=O) groups is 3. The van der Waals surface area contributed by atoms with E-state index in [9.17, 15) is 34.8 Å². The Morgan fingerprint density at radius 2 is 1.60 bits per heavy atom. The summed E-state index contributed by atoms with van der Waals surface area (Å²) in [5.74, 6) is -5.08. The number of rotatable bonds is 4. The van der Waals surface area contributed by atoms with Crippen LogP contribution in [-0.2, 0) is 16.0 Å². The molecule has 222 valence electrons. The van der Waals surface area contributed by atoms with Crippen LogP contribution in [0.25, 0.3) is 11.1 Å². The lowest BCUT2D eigenvalue weighted by Gasteiger charge is -2.59. The van der Waals surface area contributed by atoms with Gasteiger partial charge in [-0.15, -0.1) is 0 Å². The fraction of sp³-hybridized carbons (Fsp3) is 0.457. The lowest BCUT2D eigenvalue weighted by Crippen LogP contribution is -2.67. The zero-order valence-electron chi connectivity index (χ0n) is 25.5. The predicted molar refractivity (Wildman–Crippen MR) is 160 cm³/mol. The van der Waals surface area contributed by atoms with Gasteiger partial charge in [0.1, 0.15) is 22.8 Å². The maximum atomic E-state index is 14.5. The van der Waals surface area contributed by atoms with Crippen LogP contribution in [0, 0.1) is 29.6 Å². The third kappa shape index (κ3) is 3.72. The van der Waals surface area contributed by atoms with E-state index in [0.29, 0.717) is 11.1 Å². The number of phenols is 1. The van der Waals surface area contributed by atoms with Crippen molar-refractivity contribution < 1.29 is 34.8 Å². The zero-order valence-corrected chi connectivity index (χ0v) is 25.5. The topological polar surface area (TPSA) is 132 Å². The van der Waals surface area contributed by atoms with Gasteiger partial charge >= 0.3 is 0 Å². The molecular formula is C35H40O7. The molecule has 2 aromatic carbocycles.